The Kier molecular flexibility index (Phi) is 3.25. The molecule has 19 heavy (non-hydrogen) atoms. The van der Waals surface area contributed by atoms with Gasteiger partial charge in [0.25, 0.3) is 0 Å². The molecule has 0 aliphatic carbocycles. The number of halogens is 1. The van der Waals surface area contributed by atoms with E-state index in [4.69, 9.17) is 0 Å². The first-order chi connectivity index (χ1) is 9.24. The van der Waals surface area contributed by atoms with Gasteiger partial charge in [-0.15, -0.1) is 0 Å². The van der Waals surface area contributed by atoms with Gasteiger partial charge in [0.2, 0.25) is 5.95 Å². The molecule has 0 fully saturated rings. The molecule has 0 atom stereocenters. The third-order valence-corrected chi connectivity index (χ3v) is 3.68. The van der Waals surface area contributed by atoms with Gasteiger partial charge in [0.1, 0.15) is 0 Å². The van der Waals surface area contributed by atoms with Crippen LogP contribution in [0.3, 0.4) is 0 Å². The molecule has 0 aliphatic heterocycles. The first kappa shape index (κ1) is 12.2. The van der Waals surface area contributed by atoms with Crippen molar-refractivity contribution in [3.05, 3.63) is 58.6 Å². The number of fused-ring (bicyclic) bond motifs is 1. The highest BCUT2D eigenvalue weighted by molar-refractivity contribution is 9.10. The van der Waals surface area contributed by atoms with Gasteiger partial charge >= 0.3 is 0 Å². The van der Waals surface area contributed by atoms with E-state index in [2.05, 4.69) is 49.0 Å². The van der Waals surface area contributed by atoms with Crippen molar-refractivity contribution >= 4 is 32.9 Å². The fraction of sp³-hybridized carbons (Fsp3) is 0.133. The minimum atomic E-state index is 0.768. The van der Waals surface area contributed by atoms with Gasteiger partial charge in [0.05, 0.1) is 11.0 Å². The maximum Gasteiger partial charge on any atom is 0.203 e. The molecule has 0 amide bonds. The number of imidazole rings is 1. The van der Waals surface area contributed by atoms with Crippen molar-refractivity contribution in [1.29, 1.82) is 0 Å². The zero-order chi connectivity index (χ0) is 13.2. The Morgan fingerprint density at radius 1 is 1.11 bits per heavy atom. The van der Waals surface area contributed by atoms with Crippen molar-refractivity contribution in [2.75, 3.05) is 5.32 Å². The summed E-state index contributed by atoms with van der Waals surface area (Å²) in [6.45, 7) is 0.768. The number of hydrogen-bond acceptors (Lipinski definition) is 2. The van der Waals surface area contributed by atoms with E-state index < -0.39 is 0 Å². The van der Waals surface area contributed by atoms with Crippen LogP contribution >= 0.6 is 15.9 Å². The van der Waals surface area contributed by atoms with Crippen molar-refractivity contribution in [2.45, 2.75) is 6.54 Å². The number of anilines is 1. The van der Waals surface area contributed by atoms with Crippen molar-refractivity contribution in [1.82, 2.24) is 9.55 Å². The second kappa shape index (κ2) is 5.05. The third-order valence-electron chi connectivity index (χ3n) is 3.15. The Morgan fingerprint density at radius 3 is 2.58 bits per heavy atom. The predicted molar refractivity (Wildman–Crippen MR) is 82.2 cm³/mol. The number of para-hydroxylation sites is 2. The Bertz CT molecular complexity index is 701. The van der Waals surface area contributed by atoms with E-state index in [1.54, 1.807) is 0 Å². The third kappa shape index (κ3) is 2.49. The molecule has 3 rings (SSSR count). The van der Waals surface area contributed by atoms with E-state index in [1.807, 2.05) is 37.4 Å². The molecule has 0 bridgehead atoms. The zero-order valence-corrected chi connectivity index (χ0v) is 12.2. The average Bonchev–Trinajstić information content (AvgIpc) is 2.76. The summed E-state index contributed by atoms with van der Waals surface area (Å²) in [7, 11) is 2.03. The van der Waals surface area contributed by atoms with Gasteiger partial charge < -0.3 is 9.88 Å². The molecule has 96 valence electrons. The first-order valence-corrected chi connectivity index (χ1v) is 6.93. The molecule has 1 aromatic heterocycles. The van der Waals surface area contributed by atoms with E-state index in [1.165, 1.54) is 5.56 Å². The Morgan fingerprint density at radius 2 is 1.84 bits per heavy atom. The topological polar surface area (TPSA) is 29.9 Å². The van der Waals surface area contributed by atoms with Crippen molar-refractivity contribution in [3.8, 4) is 0 Å². The number of hydrogen-bond donors (Lipinski definition) is 1. The summed E-state index contributed by atoms with van der Waals surface area (Å²) >= 11 is 3.44. The lowest BCUT2D eigenvalue weighted by molar-refractivity contribution is 0.927. The van der Waals surface area contributed by atoms with Crippen LogP contribution in [0.1, 0.15) is 5.56 Å². The van der Waals surface area contributed by atoms with Crippen LogP contribution in [-0.2, 0) is 13.6 Å². The van der Waals surface area contributed by atoms with E-state index in [-0.39, 0.29) is 0 Å². The fourth-order valence-corrected chi connectivity index (χ4v) is 2.35. The first-order valence-electron chi connectivity index (χ1n) is 6.14. The second-order valence-electron chi connectivity index (χ2n) is 4.46. The van der Waals surface area contributed by atoms with Crippen LogP contribution in [0.2, 0.25) is 0 Å². The zero-order valence-electron chi connectivity index (χ0n) is 10.6. The minimum Gasteiger partial charge on any atom is -0.352 e. The molecule has 3 nitrogen and oxygen atoms in total. The van der Waals surface area contributed by atoms with E-state index in [0.29, 0.717) is 0 Å². The van der Waals surface area contributed by atoms with Crippen LogP contribution in [0.4, 0.5) is 5.95 Å². The summed E-state index contributed by atoms with van der Waals surface area (Å²) in [6, 6.07) is 16.4. The second-order valence-corrected chi connectivity index (χ2v) is 5.38. The highest BCUT2D eigenvalue weighted by atomic mass is 79.9. The van der Waals surface area contributed by atoms with Gasteiger partial charge in [-0.25, -0.2) is 4.98 Å². The average molecular weight is 316 g/mol. The van der Waals surface area contributed by atoms with Gasteiger partial charge in [-0.1, -0.05) is 40.2 Å². The molecule has 4 heteroatoms. The number of rotatable bonds is 3. The van der Waals surface area contributed by atoms with Crippen molar-refractivity contribution in [2.24, 2.45) is 7.05 Å². The fourth-order valence-electron chi connectivity index (χ4n) is 2.09. The summed E-state index contributed by atoms with van der Waals surface area (Å²) in [5, 5.41) is 3.37. The van der Waals surface area contributed by atoms with Crippen LogP contribution in [0.15, 0.2) is 53.0 Å². The van der Waals surface area contributed by atoms with Gasteiger partial charge in [-0.2, -0.15) is 0 Å². The van der Waals surface area contributed by atoms with Crippen LogP contribution in [-0.4, -0.2) is 9.55 Å². The SMILES string of the molecule is Cn1c(NCc2ccc(Br)cc2)nc2ccccc21. The highest BCUT2D eigenvalue weighted by Gasteiger charge is 2.06. The molecule has 3 aromatic rings. The standard InChI is InChI=1S/C15H14BrN3/c1-19-14-5-3-2-4-13(14)18-15(19)17-10-11-6-8-12(16)9-7-11/h2-9H,10H2,1H3,(H,17,18). The van der Waals surface area contributed by atoms with Gasteiger partial charge in [0.15, 0.2) is 0 Å². The molecule has 1 N–H and O–H groups in total. The Labute approximate surface area is 120 Å². The summed E-state index contributed by atoms with van der Waals surface area (Å²) in [4.78, 5) is 4.59. The quantitative estimate of drug-likeness (QED) is 0.793. The summed E-state index contributed by atoms with van der Waals surface area (Å²) in [5.74, 6) is 0.893. The molecule has 0 spiro atoms. The summed E-state index contributed by atoms with van der Waals surface area (Å²) in [6.07, 6.45) is 0. The Hall–Kier alpha value is -1.81. The van der Waals surface area contributed by atoms with Crippen LogP contribution in [0.5, 0.6) is 0 Å². The largest absolute Gasteiger partial charge is 0.352 e. The van der Waals surface area contributed by atoms with Crippen molar-refractivity contribution < 1.29 is 0 Å². The minimum absolute atomic E-state index is 0.768. The molecule has 0 saturated carbocycles. The van der Waals surface area contributed by atoms with Crippen LogP contribution in [0.25, 0.3) is 11.0 Å². The lowest BCUT2D eigenvalue weighted by atomic mass is 10.2. The summed E-state index contributed by atoms with van der Waals surface area (Å²) in [5.41, 5.74) is 3.39. The monoisotopic (exact) mass is 315 g/mol. The van der Waals surface area contributed by atoms with E-state index >= 15 is 0 Å². The number of nitrogens with zero attached hydrogens (tertiary/aromatic N) is 2. The Balaban J connectivity index is 1.82. The molecule has 0 saturated heterocycles. The van der Waals surface area contributed by atoms with E-state index in [0.717, 1.165) is 28.0 Å². The maximum absolute atomic E-state index is 4.59. The number of aryl methyl sites for hydroxylation is 1. The number of benzene rings is 2. The normalized spacial score (nSPS) is 10.8. The molecular formula is C15H14BrN3. The predicted octanol–water partition coefficient (Wildman–Crippen LogP) is 3.95. The molecule has 0 aliphatic rings. The molecule has 0 radical (unpaired) electrons. The number of aromatic nitrogens is 2. The molecule has 2 aromatic carbocycles. The smallest absolute Gasteiger partial charge is 0.203 e. The lowest BCUT2D eigenvalue weighted by Gasteiger charge is -2.06. The molecular weight excluding hydrogens is 302 g/mol. The van der Waals surface area contributed by atoms with Gasteiger partial charge in [-0.3, -0.25) is 0 Å². The van der Waals surface area contributed by atoms with Crippen LogP contribution < -0.4 is 5.32 Å². The maximum atomic E-state index is 4.59. The lowest BCUT2D eigenvalue weighted by Crippen LogP contribution is -2.04. The van der Waals surface area contributed by atoms with Gasteiger partial charge in [0, 0.05) is 18.1 Å². The van der Waals surface area contributed by atoms with Crippen LogP contribution in [0, 0.1) is 0 Å². The van der Waals surface area contributed by atoms with E-state index in [9.17, 15) is 0 Å². The highest BCUT2D eigenvalue weighted by Crippen LogP contribution is 2.18. The molecule has 1 heterocycles. The number of nitrogens with one attached hydrogen (secondary N) is 1. The van der Waals surface area contributed by atoms with Gasteiger partial charge in [-0.05, 0) is 29.8 Å². The molecule has 0 unspecified atom stereocenters. The van der Waals surface area contributed by atoms with Crippen molar-refractivity contribution in [3.63, 3.8) is 0 Å². The summed E-state index contributed by atoms with van der Waals surface area (Å²) < 4.78 is 3.17.